The molecule has 1 aliphatic rings. The van der Waals surface area contributed by atoms with Crippen molar-refractivity contribution in [1.82, 2.24) is 4.72 Å². The maximum atomic E-state index is 12.1. The fraction of sp³-hybridized carbons (Fsp3) is 0.417. The summed E-state index contributed by atoms with van der Waals surface area (Å²) in [5, 5.41) is 9.15. The number of carboxylic acid groups (broad SMARTS) is 1. The van der Waals surface area contributed by atoms with Gasteiger partial charge >= 0.3 is 5.97 Å². The molecule has 0 atom stereocenters. The molecular weight excluding hydrogens is 334 g/mol. The van der Waals surface area contributed by atoms with Crippen molar-refractivity contribution < 1.29 is 18.3 Å². The van der Waals surface area contributed by atoms with E-state index in [1.54, 1.807) is 12.1 Å². The second-order valence-electron chi connectivity index (χ2n) is 4.72. The third-order valence-corrected chi connectivity index (χ3v) is 5.36. The lowest BCUT2D eigenvalue weighted by molar-refractivity contribution is -0.153. The quantitative estimate of drug-likeness (QED) is 0.852. The van der Waals surface area contributed by atoms with Gasteiger partial charge in [-0.1, -0.05) is 28.4 Å². The minimum absolute atomic E-state index is 0.0584. The Hall–Kier alpha value is -0.920. The maximum Gasteiger partial charge on any atom is 0.310 e. The Labute approximate surface area is 120 Å². The highest BCUT2D eigenvalue weighted by molar-refractivity contribution is 9.10. The van der Waals surface area contributed by atoms with Crippen LogP contribution in [0.25, 0.3) is 0 Å². The molecule has 0 radical (unpaired) electrons. The van der Waals surface area contributed by atoms with Crippen LogP contribution >= 0.6 is 15.9 Å². The molecule has 1 aromatic carbocycles. The number of nitrogens with one attached hydrogen (secondary N) is 1. The second kappa shape index (κ2) is 5.22. The highest BCUT2D eigenvalue weighted by atomic mass is 79.9. The first-order valence-electron chi connectivity index (χ1n) is 5.84. The zero-order valence-electron chi connectivity index (χ0n) is 10.1. The monoisotopic (exact) mass is 347 g/mol. The van der Waals surface area contributed by atoms with Gasteiger partial charge in [0.05, 0.1) is 10.3 Å². The first-order chi connectivity index (χ1) is 8.86. The largest absolute Gasteiger partial charge is 0.481 e. The minimum Gasteiger partial charge on any atom is -0.481 e. The van der Waals surface area contributed by atoms with Crippen LogP contribution in [0.3, 0.4) is 0 Å². The van der Waals surface area contributed by atoms with Gasteiger partial charge in [0.1, 0.15) is 0 Å². The molecule has 0 aromatic heterocycles. The fourth-order valence-corrected chi connectivity index (χ4v) is 3.74. The first kappa shape index (κ1) is 14.5. The Balaban J connectivity index is 2.12. The van der Waals surface area contributed by atoms with Crippen LogP contribution in [-0.2, 0) is 14.8 Å². The van der Waals surface area contributed by atoms with Crippen LogP contribution in [0.2, 0.25) is 0 Å². The van der Waals surface area contributed by atoms with E-state index in [4.69, 9.17) is 5.11 Å². The molecular formula is C12H14BrNO4S. The summed E-state index contributed by atoms with van der Waals surface area (Å²) >= 11 is 3.21. The number of rotatable bonds is 5. The Kier molecular flexibility index (Phi) is 3.98. The van der Waals surface area contributed by atoms with Gasteiger partial charge < -0.3 is 5.11 Å². The first-order valence-corrected chi connectivity index (χ1v) is 8.12. The zero-order valence-corrected chi connectivity index (χ0v) is 12.5. The topological polar surface area (TPSA) is 83.5 Å². The van der Waals surface area contributed by atoms with Crippen LogP contribution in [0.4, 0.5) is 0 Å². The Morgan fingerprint density at radius 1 is 1.42 bits per heavy atom. The van der Waals surface area contributed by atoms with Gasteiger partial charge in [-0.2, -0.15) is 0 Å². The van der Waals surface area contributed by atoms with Crippen molar-refractivity contribution in [3.05, 3.63) is 28.7 Å². The molecule has 19 heavy (non-hydrogen) atoms. The molecule has 104 valence electrons. The Morgan fingerprint density at radius 2 is 2.11 bits per heavy atom. The van der Waals surface area contributed by atoms with E-state index in [0.717, 1.165) is 6.42 Å². The van der Waals surface area contributed by atoms with Gasteiger partial charge in [0.25, 0.3) is 0 Å². The predicted octanol–water partition coefficient (Wildman–Crippen LogP) is 1.98. The molecule has 0 unspecified atom stereocenters. The van der Waals surface area contributed by atoms with E-state index < -0.39 is 21.4 Å². The van der Waals surface area contributed by atoms with E-state index in [1.807, 2.05) is 0 Å². The van der Waals surface area contributed by atoms with Crippen LogP contribution in [0.15, 0.2) is 33.6 Å². The summed E-state index contributed by atoms with van der Waals surface area (Å²) in [6.45, 7) is -0.0584. The standard InChI is InChI=1S/C12H14BrNO4S/c13-9-3-1-4-10(7-9)19(17,18)14-8-12(11(15)16)5-2-6-12/h1,3-4,7,14H,2,5-6,8H2,(H,15,16). The number of halogens is 1. The van der Waals surface area contributed by atoms with Crippen LogP contribution in [0.1, 0.15) is 19.3 Å². The predicted molar refractivity (Wildman–Crippen MR) is 73.3 cm³/mol. The molecule has 0 bridgehead atoms. The summed E-state index contributed by atoms with van der Waals surface area (Å²) in [5.41, 5.74) is -0.931. The highest BCUT2D eigenvalue weighted by Crippen LogP contribution is 2.40. The summed E-state index contributed by atoms with van der Waals surface area (Å²) in [7, 11) is -3.67. The molecule has 1 aromatic rings. The van der Waals surface area contributed by atoms with E-state index in [2.05, 4.69) is 20.7 Å². The van der Waals surface area contributed by atoms with Crippen LogP contribution < -0.4 is 4.72 Å². The van der Waals surface area contributed by atoms with E-state index in [9.17, 15) is 13.2 Å². The number of carbonyl (C=O) groups is 1. The van der Waals surface area contributed by atoms with Crippen molar-refractivity contribution in [2.45, 2.75) is 24.2 Å². The highest BCUT2D eigenvalue weighted by Gasteiger charge is 2.44. The van der Waals surface area contributed by atoms with Gasteiger partial charge in [-0.25, -0.2) is 13.1 Å². The second-order valence-corrected chi connectivity index (χ2v) is 7.40. The lowest BCUT2D eigenvalue weighted by Crippen LogP contribution is -2.47. The number of hydrogen-bond donors (Lipinski definition) is 2. The van der Waals surface area contributed by atoms with E-state index >= 15 is 0 Å². The van der Waals surface area contributed by atoms with Crippen molar-refractivity contribution in [2.24, 2.45) is 5.41 Å². The number of sulfonamides is 1. The molecule has 0 saturated heterocycles. The summed E-state index contributed by atoms with van der Waals surface area (Å²) in [6, 6.07) is 6.30. The van der Waals surface area contributed by atoms with Gasteiger partial charge in [-0.05, 0) is 31.0 Å². The van der Waals surface area contributed by atoms with Gasteiger partial charge in [0.2, 0.25) is 10.0 Å². The van der Waals surface area contributed by atoms with Crippen LogP contribution in [0.5, 0.6) is 0 Å². The number of carboxylic acids is 1. The molecule has 1 aliphatic carbocycles. The van der Waals surface area contributed by atoms with Gasteiger partial charge in [0.15, 0.2) is 0 Å². The van der Waals surface area contributed by atoms with Crippen molar-refractivity contribution in [3.63, 3.8) is 0 Å². The smallest absolute Gasteiger partial charge is 0.310 e. The molecule has 2 rings (SSSR count). The van der Waals surface area contributed by atoms with Gasteiger partial charge in [-0.3, -0.25) is 4.79 Å². The average molecular weight is 348 g/mol. The molecule has 0 spiro atoms. The summed E-state index contributed by atoms with van der Waals surface area (Å²) in [6.07, 6.45) is 1.86. The van der Waals surface area contributed by atoms with E-state index in [0.29, 0.717) is 17.3 Å². The molecule has 5 nitrogen and oxygen atoms in total. The summed E-state index contributed by atoms with van der Waals surface area (Å²) in [5.74, 6) is -0.935. The molecule has 0 heterocycles. The lowest BCUT2D eigenvalue weighted by Gasteiger charge is -2.37. The van der Waals surface area contributed by atoms with Crippen LogP contribution in [0, 0.1) is 5.41 Å². The number of benzene rings is 1. The molecule has 2 N–H and O–H groups in total. The number of aliphatic carboxylic acids is 1. The number of hydrogen-bond acceptors (Lipinski definition) is 3. The summed E-state index contributed by atoms with van der Waals surface area (Å²) < 4.78 is 27.2. The molecule has 0 aliphatic heterocycles. The Morgan fingerprint density at radius 3 is 2.58 bits per heavy atom. The van der Waals surface area contributed by atoms with Crippen molar-refractivity contribution >= 4 is 31.9 Å². The van der Waals surface area contributed by atoms with Crippen molar-refractivity contribution in [3.8, 4) is 0 Å². The third kappa shape index (κ3) is 2.98. The average Bonchev–Trinajstić information content (AvgIpc) is 2.27. The maximum absolute atomic E-state index is 12.1. The van der Waals surface area contributed by atoms with E-state index in [-0.39, 0.29) is 11.4 Å². The van der Waals surface area contributed by atoms with Crippen LogP contribution in [-0.4, -0.2) is 26.0 Å². The van der Waals surface area contributed by atoms with Crippen molar-refractivity contribution in [1.29, 1.82) is 0 Å². The van der Waals surface area contributed by atoms with E-state index in [1.165, 1.54) is 12.1 Å². The Bertz CT molecular complexity index is 596. The van der Waals surface area contributed by atoms with Gasteiger partial charge in [0, 0.05) is 11.0 Å². The van der Waals surface area contributed by atoms with Crippen molar-refractivity contribution in [2.75, 3.05) is 6.54 Å². The lowest BCUT2D eigenvalue weighted by atomic mass is 9.69. The molecule has 1 saturated carbocycles. The fourth-order valence-electron chi connectivity index (χ4n) is 2.02. The summed E-state index contributed by atoms with van der Waals surface area (Å²) in [4.78, 5) is 11.3. The zero-order chi connectivity index (χ0) is 14.1. The molecule has 7 heteroatoms. The third-order valence-electron chi connectivity index (χ3n) is 3.47. The normalized spacial score (nSPS) is 17.7. The SMILES string of the molecule is O=C(O)C1(CNS(=O)(=O)c2cccc(Br)c2)CCC1. The molecule has 1 fully saturated rings. The van der Waals surface area contributed by atoms with Gasteiger partial charge in [-0.15, -0.1) is 0 Å². The minimum atomic E-state index is -3.67. The molecule has 0 amide bonds.